The molecule has 196 valence electrons. The molecule has 2 heterocycles. The molecule has 0 bridgehead atoms. The number of phenolic OH excluding ortho intramolecular Hbond substituents is 1. The van der Waals surface area contributed by atoms with E-state index in [-0.39, 0.29) is 29.1 Å². The van der Waals surface area contributed by atoms with Gasteiger partial charge in [0.2, 0.25) is 0 Å². The highest BCUT2D eigenvalue weighted by Gasteiger charge is 2.34. The second-order valence-corrected chi connectivity index (χ2v) is 9.88. The van der Waals surface area contributed by atoms with Gasteiger partial charge in [-0.05, 0) is 53.6 Å². The van der Waals surface area contributed by atoms with Crippen LogP contribution in [0.3, 0.4) is 0 Å². The highest BCUT2D eigenvalue weighted by Crippen LogP contribution is 2.35. The van der Waals surface area contributed by atoms with E-state index in [1.54, 1.807) is 7.11 Å². The molecule has 1 fully saturated rings. The molecule has 0 radical (unpaired) electrons. The van der Waals surface area contributed by atoms with Gasteiger partial charge in [0.05, 0.1) is 18.2 Å². The molecule has 2 atom stereocenters. The minimum atomic E-state index is -0.457. The molecule has 2 N–H and O–H groups in total. The highest BCUT2D eigenvalue weighted by molar-refractivity contribution is 5.91. The van der Waals surface area contributed by atoms with E-state index in [4.69, 9.17) is 9.72 Å². The van der Waals surface area contributed by atoms with E-state index in [9.17, 15) is 9.50 Å². The normalized spacial score (nSPS) is 17.4. The smallest absolute Gasteiger partial charge is 0.165 e. The molecule has 39 heavy (non-hydrogen) atoms. The minimum Gasteiger partial charge on any atom is -0.507 e. The Morgan fingerprint density at radius 3 is 2.49 bits per heavy atom. The number of hydrogen-bond acceptors (Lipinski definition) is 6. The van der Waals surface area contributed by atoms with Crippen LogP contribution in [0.5, 0.6) is 11.5 Å². The fourth-order valence-corrected chi connectivity index (χ4v) is 5.36. The summed E-state index contributed by atoms with van der Waals surface area (Å²) in [6, 6.07) is 30.3. The predicted octanol–water partition coefficient (Wildman–Crippen LogP) is 6.23. The maximum atomic E-state index is 14.1. The van der Waals surface area contributed by atoms with Crippen LogP contribution in [0.2, 0.25) is 0 Å². The number of halogens is 1. The van der Waals surface area contributed by atoms with Crippen molar-refractivity contribution in [2.45, 2.75) is 18.5 Å². The number of phenols is 1. The Kier molecular flexibility index (Phi) is 6.82. The van der Waals surface area contributed by atoms with E-state index in [1.807, 2.05) is 42.5 Å². The number of methoxy groups -OCH3 is 1. The molecule has 0 spiro atoms. The summed E-state index contributed by atoms with van der Waals surface area (Å²) in [5.74, 6) is 1.42. The molecular weight excluding hydrogens is 491 g/mol. The molecule has 6 nitrogen and oxygen atoms in total. The maximum Gasteiger partial charge on any atom is 0.165 e. The number of nitrogens with zero attached hydrogens (tertiary/aromatic N) is 3. The summed E-state index contributed by atoms with van der Waals surface area (Å²) < 4.78 is 19.5. The number of aromatic hydroxyl groups is 1. The van der Waals surface area contributed by atoms with Gasteiger partial charge in [0, 0.05) is 37.0 Å². The second kappa shape index (κ2) is 10.7. The summed E-state index contributed by atoms with van der Waals surface area (Å²) in [6.07, 6.45) is 0. The Bertz CT molecular complexity index is 1590. The van der Waals surface area contributed by atoms with Crippen LogP contribution in [0.15, 0.2) is 97.1 Å². The van der Waals surface area contributed by atoms with Crippen LogP contribution in [0.1, 0.15) is 17.0 Å². The zero-order chi connectivity index (χ0) is 26.8. The molecule has 7 heteroatoms. The molecule has 1 aromatic heterocycles. The second-order valence-electron chi connectivity index (χ2n) is 9.88. The first-order chi connectivity index (χ1) is 19.1. The Labute approximate surface area is 226 Å². The molecule has 2 unspecified atom stereocenters. The number of likely N-dealkylation sites (tertiary alicyclic amines) is 1. The Balaban J connectivity index is 1.38. The number of nitrogens with one attached hydrogen (secondary N) is 1. The van der Waals surface area contributed by atoms with Crippen LogP contribution in [-0.4, -0.2) is 46.2 Å². The number of benzene rings is 4. The number of aromatic nitrogens is 2. The zero-order valence-corrected chi connectivity index (χ0v) is 21.6. The molecule has 1 aliphatic heterocycles. The van der Waals surface area contributed by atoms with Gasteiger partial charge in [0.1, 0.15) is 23.1 Å². The molecular formula is C32H29FN4O2. The maximum absolute atomic E-state index is 14.1. The van der Waals surface area contributed by atoms with Crippen LogP contribution in [-0.2, 0) is 6.54 Å². The minimum absolute atomic E-state index is 0.0503. The third-order valence-electron chi connectivity index (χ3n) is 7.31. The van der Waals surface area contributed by atoms with E-state index in [0.29, 0.717) is 11.3 Å². The van der Waals surface area contributed by atoms with E-state index < -0.39 is 5.82 Å². The predicted molar refractivity (Wildman–Crippen MR) is 151 cm³/mol. The topological polar surface area (TPSA) is 70.5 Å². The van der Waals surface area contributed by atoms with Gasteiger partial charge >= 0.3 is 0 Å². The zero-order valence-electron chi connectivity index (χ0n) is 21.6. The first kappa shape index (κ1) is 24.8. The Hall–Kier alpha value is -4.49. The molecule has 0 aliphatic carbocycles. The third kappa shape index (κ3) is 5.26. The summed E-state index contributed by atoms with van der Waals surface area (Å²) in [6.45, 7) is 2.53. The third-order valence-corrected chi connectivity index (χ3v) is 7.31. The van der Waals surface area contributed by atoms with Crippen LogP contribution in [0, 0.1) is 5.82 Å². The summed E-state index contributed by atoms with van der Waals surface area (Å²) >= 11 is 0. The lowest BCUT2D eigenvalue weighted by molar-refractivity contribution is 0.325. The van der Waals surface area contributed by atoms with Crippen molar-refractivity contribution in [1.82, 2.24) is 14.9 Å². The van der Waals surface area contributed by atoms with Crippen molar-refractivity contribution in [1.29, 1.82) is 0 Å². The van der Waals surface area contributed by atoms with Gasteiger partial charge in [0.15, 0.2) is 5.82 Å². The molecule has 6 rings (SSSR count). The van der Waals surface area contributed by atoms with Crippen molar-refractivity contribution in [2.24, 2.45) is 0 Å². The van der Waals surface area contributed by atoms with E-state index in [1.165, 1.54) is 29.3 Å². The number of hydrogen-bond donors (Lipinski definition) is 2. The van der Waals surface area contributed by atoms with Gasteiger partial charge in [0.25, 0.3) is 0 Å². The van der Waals surface area contributed by atoms with Crippen molar-refractivity contribution in [3.8, 4) is 22.9 Å². The Morgan fingerprint density at radius 2 is 1.69 bits per heavy atom. The monoisotopic (exact) mass is 520 g/mol. The largest absolute Gasteiger partial charge is 0.507 e. The lowest BCUT2D eigenvalue weighted by atomic mass is 9.94. The highest BCUT2D eigenvalue weighted by atomic mass is 19.1. The molecule has 0 saturated carbocycles. The number of para-hydroxylation sites is 1. The Morgan fingerprint density at radius 1 is 0.923 bits per heavy atom. The summed E-state index contributed by atoms with van der Waals surface area (Å²) in [4.78, 5) is 11.9. The lowest BCUT2D eigenvalue weighted by Gasteiger charge is -2.22. The standard InChI is InChI=1S/C32H29FN4O2/c1-39-24-14-11-22(12-15-24)27-19-37(18-21-7-3-2-4-8-21)20-29(27)35-31-25-9-5-6-10-28(25)34-32(36-31)26-17-23(33)13-16-30(26)38/h2-17,27,29,38H,18-20H2,1H3,(H,34,35,36). The first-order valence-electron chi connectivity index (χ1n) is 13.0. The van der Waals surface area contributed by atoms with Crippen LogP contribution < -0.4 is 10.1 Å². The van der Waals surface area contributed by atoms with Gasteiger partial charge in [-0.1, -0.05) is 54.6 Å². The average molecular weight is 521 g/mol. The first-order valence-corrected chi connectivity index (χ1v) is 13.0. The van der Waals surface area contributed by atoms with Crippen LogP contribution in [0.4, 0.5) is 10.2 Å². The lowest BCUT2D eigenvalue weighted by Crippen LogP contribution is -2.29. The quantitative estimate of drug-likeness (QED) is 0.265. The number of ether oxygens (including phenoxy) is 1. The fraction of sp³-hybridized carbons (Fsp3) is 0.188. The molecule has 1 aliphatic rings. The van der Waals surface area contributed by atoms with Crippen LogP contribution >= 0.6 is 0 Å². The van der Waals surface area contributed by atoms with E-state index in [2.05, 4.69) is 51.6 Å². The van der Waals surface area contributed by atoms with Gasteiger partial charge in [-0.15, -0.1) is 0 Å². The number of anilines is 1. The van der Waals surface area contributed by atoms with Crippen molar-refractivity contribution in [3.63, 3.8) is 0 Å². The van der Waals surface area contributed by atoms with Gasteiger partial charge in [-0.3, -0.25) is 4.90 Å². The number of rotatable bonds is 7. The number of fused-ring (bicyclic) bond motifs is 1. The molecule has 5 aromatic rings. The fourth-order valence-electron chi connectivity index (χ4n) is 5.36. The van der Waals surface area contributed by atoms with E-state index in [0.717, 1.165) is 30.8 Å². The SMILES string of the molecule is COc1ccc(C2CN(Cc3ccccc3)CC2Nc2nc(-c3cc(F)ccc3O)nc3ccccc23)cc1. The molecule has 4 aromatic carbocycles. The van der Waals surface area contributed by atoms with Crippen molar-refractivity contribution in [3.05, 3.63) is 114 Å². The van der Waals surface area contributed by atoms with Crippen molar-refractivity contribution in [2.75, 3.05) is 25.5 Å². The molecule has 0 amide bonds. The molecule has 1 saturated heterocycles. The van der Waals surface area contributed by atoms with Gasteiger partial charge < -0.3 is 15.2 Å². The van der Waals surface area contributed by atoms with Gasteiger partial charge in [-0.2, -0.15) is 0 Å². The average Bonchev–Trinajstić information content (AvgIpc) is 3.36. The van der Waals surface area contributed by atoms with Crippen molar-refractivity contribution < 1.29 is 14.2 Å². The summed E-state index contributed by atoms with van der Waals surface area (Å²) in [5, 5.41) is 15.0. The van der Waals surface area contributed by atoms with Gasteiger partial charge in [-0.25, -0.2) is 14.4 Å². The van der Waals surface area contributed by atoms with E-state index >= 15 is 0 Å². The van der Waals surface area contributed by atoms with Crippen LogP contribution in [0.25, 0.3) is 22.3 Å². The summed E-state index contributed by atoms with van der Waals surface area (Å²) in [5.41, 5.74) is 3.45. The summed E-state index contributed by atoms with van der Waals surface area (Å²) in [7, 11) is 1.67. The van der Waals surface area contributed by atoms with Crippen molar-refractivity contribution >= 4 is 16.7 Å².